The van der Waals surface area contributed by atoms with Crippen LogP contribution in [0, 0.1) is 6.92 Å². The van der Waals surface area contributed by atoms with E-state index in [1.807, 2.05) is 72.4 Å². The van der Waals surface area contributed by atoms with Crippen molar-refractivity contribution in [3.63, 3.8) is 0 Å². The number of carbonyl (C=O) groups excluding carboxylic acids is 1. The van der Waals surface area contributed by atoms with E-state index in [1.165, 1.54) is 5.56 Å². The van der Waals surface area contributed by atoms with Crippen molar-refractivity contribution in [3.05, 3.63) is 89.5 Å². The number of hydrogen-bond acceptors (Lipinski definition) is 3. The average molecular weight is 357 g/mol. The molecule has 1 heterocycles. The number of aryl methyl sites for hydroxylation is 1. The van der Waals surface area contributed by atoms with Crippen molar-refractivity contribution in [2.45, 2.75) is 13.1 Å². The molecule has 1 unspecified atom stereocenters. The lowest BCUT2D eigenvalue weighted by Crippen LogP contribution is -2.43. The predicted octanol–water partition coefficient (Wildman–Crippen LogP) is 4.83. The summed E-state index contributed by atoms with van der Waals surface area (Å²) in [5.41, 5.74) is 5.79. The maximum absolute atomic E-state index is 13.4. The fourth-order valence-corrected chi connectivity index (χ4v) is 3.41. The zero-order valence-electron chi connectivity index (χ0n) is 15.8. The number of carbonyl (C=O) groups is 1. The van der Waals surface area contributed by atoms with Gasteiger partial charge >= 0.3 is 0 Å². The van der Waals surface area contributed by atoms with E-state index in [0.29, 0.717) is 5.56 Å². The molecule has 0 spiro atoms. The molecule has 1 aliphatic heterocycles. The predicted molar refractivity (Wildman–Crippen MR) is 112 cm³/mol. The zero-order valence-corrected chi connectivity index (χ0v) is 15.8. The molecule has 27 heavy (non-hydrogen) atoms. The summed E-state index contributed by atoms with van der Waals surface area (Å²) in [6, 6.07) is 24.1. The highest BCUT2D eigenvalue weighted by Gasteiger charge is 2.33. The van der Waals surface area contributed by atoms with E-state index < -0.39 is 0 Å². The van der Waals surface area contributed by atoms with E-state index in [2.05, 4.69) is 36.5 Å². The molecular formula is C23H23N3O. The van der Waals surface area contributed by atoms with Gasteiger partial charge in [0.15, 0.2) is 0 Å². The minimum Gasteiger partial charge on any atom is -0.378 e. The summed E-state index contributed by atoms with van der Waals surface area (Å²) < 4.78 is 0. The van der Waals surface area contributed by atoms with Crippen LogP contribution in [0.25, 0.3) is 0 Å². The summed E-state index contributed by atoms with van der Waals surface area (Å²) in [5, 5.41) is 3.54. The number of hydrogen-bond donors (Lipinski definition) is 1. The molecule has 1 N–H and O–H groups in total. The Labute approximate surface area is 160 Å². The first-order valence-corrected chi connectivity index (χ1v) is 9.08. The Hall–Kier alpha value is -3.27. The quantitative estimate of drug-likeness (QED) is 0.729. The standard InChI is InChI=1S/C23H23N3O/c1-16-8-10-17(11-9-16)22-24-21-7-5-4-6-20(21)23(27)26(22)19-14-12-18(13-15-19)25(2)3/h4-15,22,24H,1-3H3. The molecule has 4 nitrogen and oxygen atoms in total. The third kappa shape index (κ3) is 3.14. The highest BCUT2D eigenvalue weighted by atomic mass is 16.2. The van der Waals surface area contributed by atoms with Crippen LogP contribution in [-0.2, 0) is 0 Å². The van der Waals surface area contributed by atoms with Crippen molar-refractivity contribution >= 4 is 23.0 Å². The summed E-state index contributed by atoms with van der Waals surface area (Å²) in [6.07, 6.45) is -0.252. The van der Waals surface area contributed by atoms with Crippen molar-refractivity contribution in [3.8, 4) is 0 Å². The number of nitrogens with zero attached hydrogens (tertiary/aromatic N) is 2. The number of nitrogens with one attached hydrogen (secondary N) is 1. The largest absolute Gasteiger partial charge is 0.378 e. The molecule has 1 amide bonds. The Kier molecular flexibility index (Phi) is 4.32. The fraction of sp³-hybridized carbons (Fsp3) is 0.174. The van der Waals surface area contributed by atoms with Crippen molar-refractivity contribution in [1.82, 2.24) is 0 Å². The number of anilines is 3. The lowest BCUT2D eigenvalue weighted by atomic mass is 10.0. The molecule has 4 rings (SSSR count). The van der Waals surface area contributed by atoms with E-state index in [-0.39, 0.29) is 12.1 Å². The maximum atomic E-state index is 13.4. The third-order valence-electron chi connectivity index (χ3n) is 4.96. The Balaban J connectivity index is 1.81. The molecule has 4 heteroatoms. The second kappa shape index (κ2) is 6.80. The highest BCUT2D eigenvalue weighted by molar-refractivity contribution is 6.12. The molecule has 0 fully saturated rings. The molecule has 0 radical (unpaired) electrons. The smallest absolute Gasteiger partial charge is 0.262 e. The van der Waals surface area contributed by atoms with Crippen LogP contribution in [0.3, 0.4) is 0 Å². The topological polar surface area (TPSA) is 35.6 Å². The van der Waals surface area contributed by atoms with Gasteiger partial charge in [-0.1, -0.05) is 42.0 Å². The van der Waals surface area contributed by atoms with Gasteiger partial charge in [-0.3, -0.25) is 9.69 Å². The van der Waals surface area contributed by atoms with Crippen LogP contribution in [0.15, 0.2) is 72.8 Å². The van der Waals surface area contributed by atoms with Gasteiger partial charge in [0.25, 0.3) is 5.91 Å². The van der Waals surface area contributed by atoms with Crippen LogP contribution < -0.4 is 15.1 Å². The average Bonchev–Trinajstić information content (AvgIpc) is 2.69. The number of rotatable bonds is 3. The van der Waals surface area contributed by atoms with Crippen LogP contribution in [-0.4, -0.2) is 20.0 Å². The highest BCUT2D eigenvalue weighted by Crippen LogP contribution is 2.37. The van der Waals surface area contributed by atoms with Gasteiger partial charge in [0, 0.05) is 31.2 Å². The molecule has 1 aliphatic rings. The molecular weight excluding hydrogens is 334 g/mol. The molecule has 0 saturated carbocycles. The molecule has 3 aromatic rings. The summed E-state index contributed by atoms with van der Waals surface area (Å²) in [4.78, 5) is 17.3. The van der Waals surface area contributed by atoms with Gasteiger partial charge in [0.2, 0.25) is 0 Å². The van der Waals surface area contributed by atoms with Crippen LogP contribution in [0.5, 0.6) is 0 Å². The Morgan fingerprint density at radius 1 is 0.889 bits per heavy atom. The van der Waals surface area contributed by atoms with Gasteiger partial charge in [-0.25, -0.2) is 0 Å². The van der Waals surface area contributed by atoms with Gasteiger partial charge < -0.3 is 10.2 Å². The summed E-state index contributed by atoms with van der Waals surface area (Å²) in [5.74, 6) is 0.00697. The number of para-hydroxylation sites is 1. The lowest BCUT2D eigenvalue weighted by Gasteiger charge is -2.38. The van der Waals surface area contributed by atoms with Crippen molar-refractivity contribution in [1.29, 1.82) is 0 Å². The molecule has 136 valence electrons. The van der Waals surface area contributed by atoms with Gasteiger partial charge in [0.1, 0.15) is 6.17 Å². The summed E-state index contributed by atoms with van der Waals surface area (Å²) in [6.45, 7) is 2.07. The normalized spacial score (nSPS) is 15.9. The first-order valence-electron chi connectivity index (χ1n) is 9.08. The molecule has 0 aromatic heterocycles. The number of benzene rings is 3. The van der Waals surface area contributed by atoms with E-state index >= 15 is 0 Å². The SMILES string of the molecule is Cc1ccc(C2Nc3ccccc3C(=O)N2c2ccc(N(C)C)cc2)cc1. The van der Waals surface area contributed by atoms with Crippen LogP contribution in [0.1, 0.15) is 27.7 Å². The van der Waals surface area contributed by atoms with Crippen molar-refractivity contribution in [2.24, 2.45) is 0 Å². The third-order valence-corrected chi connectivity index (χ3v) is 4.96. The monoisotopic (exact) mass is 357 g/mol. The second-order valence-corrected chi connectivity index (χ2v) is 7.09. The molecule has 0 saturated heterocycles. The Morgan fingerprint density at radius 2 is 1.56 bits per heavy atom. The number of amides is 1. The summed E-state index contributed by atoms with van der Waals surface area (Å²) >= 11 is 0. The molecule has 1 atom stereocenters. The first kappa shape index (κ1) is 17.2. The van der Waals surface area contributed by atoms with E-state index in [4.69, 9.17) is 0 Å². The van der Waals surface area contributed by atoms with Crippen molar-refractivity contribution in [2.75, 3.05) is 29.2 Å². The maximum Gasteiger partial charge on any atom is 0.262 e. The van der Waals surface area contributed by atoms with E-state index in [0.717, 1.165) is 22.6 Å². The Morgan fingerprint density at radius 3 is 2.22 bits per heavy atom. The van der Waals surface area contributed by atoms with Gasteiger partial charge in [-0.05, 0) is 48.9 Å². The molecule has 0 bridgehead atoms. The second-order valence-electron chi connectivity index (χ2n) is 7.09. The lowest BCUT2D eigenvalue weighted by molar-refractivity contribution is 0.0975. The Bertz CT molecular complexity index is 962. The van der Waals surface area contributed by atoms with Crippen LogP contribution in [0.4, 0.5) is 17.1 Å². The first-order chi connectivity index (χ1) is 13.0. The minimum absolute atomic E-state index is 0.00697. The fourth-order valence-electron chi connectivity index (χ4n) is 3.41. The summed E-state index contributed by atoms with van der Waals surface area (Å²) in [7, 11) is 4.02. The van der Waals surface area contributed by atoms with E-state index in [1.54, 1.807) is 0 Å². The molecule has 0 aliphatic carbocycles. The number of fused-ring (bicyclic) bond motifs is 1. The van der Waals surface area contributed by atoms with Crippen molar-refractivity contribution < 1.29 is 4.79 Å². The minimum atomic E-state index is -0.252. The molecule has 3 aromatic carbocycles. The van der Waals surface area contributed by atoms with Gasteiger partial charge in [-0.2, -0.15) is 0 Å². The van der Waals surface area contributed by atoms with Gasteiger partial charge in [-0.15, -0.1) is 0 Å². The van der Waals surface area contributed by atoms with E-state index in [9.17, 15) is 4.79 Å². The van der Waals surface area contributed by atoms with Crippen LogP contribution in [0.2, 0.25) is 0 Å². The zero-order chi connectivity index (χ0) is 19.0. The van der Waals surface area contributed by atoms with Crippen LogP contribution >= 0.6 is 0 Å². The van der Waals surface area contributed by atoms with Gasteiger partial charge in [0.05, 0.1) is 5.56 Å².